The zero-order valence-corrected chi connectivity index (χ0v) is 18.6. The van der Waals surface area contributed by atoms with Gasteiger partial charge >= 0.3 is 0 Å². The number of fused-ring (bicyclic) bond motifs is 1. The summed E-state index contributed by atoms with van der Waals surface area (Å²) in [5.41, 5.74) is 4.44. The minimum atomic E-state index is -3.30. The molecule has 0 N–H and O–H groups in total. The lowest BCUT2D eigenvalue weighted by Gasteiger charge is -2.26. The van der Waals surface area contributed by atoms with Crippen LogP contribution in [0, 0.1) is 0 Å². The molecule has 0 amide bonds. The van der Waals surface area contributed by atoms with E-state index < -0.39 is 9.84 Å². The molecule has 0 radical (unpaired) electrons. The number of benzene rings is 2. The molecule has 1 saturated heterocycles. The third-order valence-corrected chi connectivity index (χ3v) is 6.72. The van der Waals surface area contributed by atoms with E-state index in [2.05, 4.69) is 17.0 Å². The first-order chi connectivity index (χ1) is 15.5. The molecule has 0 aliphatic carbocycles. The van der Waals surface area contributed by atoms with Gasteiger partial charge in [-0.3, -0.25) is 4.90 Å². The molecule has 4 aromatic rings. The summed E-state index contributed by atoms with van der Waals surface area (Å²) in [5.74, 6) is 0.639. The van der Waals surface area contributed by atoms with Gasteiger partial charge in [0.15, 0.2) is 21.3 Å². The summed E-state index contributed by atoms with van der Waals surface area (Å²) in [6.07, 6.45) is 1.21. The van der Waals surface area contributed by atoms with Crippen molar-refractivity contribution in [1.82, 2.24) is 19.5 Å². The molecule has 2 aromatic carbocycles. The van der Waals surface area contributed by atoms with Crippen LogP contribution in [0.1, 0.15) is 5.56 Å². The number of aromatic nitrogens is 3. The molecular weight excluding hydrogens is 424 g/mol. The Kier molecular flexibility index (Phi) is 5.50. The fourth-order valence-electron chi connectivity index (χ4n) is 3.96. The summed E-state index contributed by atoms with van der Waals surface area (Å²) < 4.78 is 31.2. The molecule has 0 saturated carbocycles. The summed E-state index contributed by atoms with van der Waals surface area (Å²) in [6.45, 7) is 4.29. The largest absolute Gasteiger partial charge is 0.379 e. The van der Waals surface area contributed by atoms with Crippen molar-refractivity contribution in [2.24, 2.45) is 0 Å². The molecule has 1 aliphatic rings. The molecule has 1 aliphatic heterocycles. The molecule has 3 heterocycles. The number of nitrogens with zero attached hydrogens (tertiary/aromatic N) is 4. The molecular formula is C24H24N4O3S. The molecule has 164 valence electrons. The summed E-state index contributed by atoms with van der Waals surface area (Å²) in [6, 6.07) is 20.9. The van der Waals surface area contributed by atoms with Crippen molar-refractivity contribution in [3.63, 3.8) is 0 Å². The number of sulfone groups is 1. The highest BCUT2D eigenvalue weighted by molar-refractivity contribution is 7.90. The fraction of sp³-hybridized carbons (Fsp3) is 0.250. The van der Waals surface area contributed by atoms with Gasteiger partial charge in [-0.25, -0.2) is 17.9 Å². The number of morpholine rings is 1. The van der Waals surface area contributed by atoms with Crippen molar-refractivity contribution in [3.8, 4) is 22.6 Å². The minimum Gasteiger partial charge on any atom is -0.379 e. The van der Waals surface area contributed by atoms with Crippen molar-refractivity contribution in [1.29, 1.82) is 0 Å². The minimum absolute atomic E-state index is 0.281. The predicted molar refractivity (Wildman–Crippen MR) is 123 cm³/mol. The highest BCUT2D eigenvalue weighted by Crippen LogP contribution is 2.25. The molecule has 1 fully saturated rings. The topological polar surface area (TPSA) is 76.8 Å². The first-order valence-corrected chi connectivity index (χ1v) is 12.4. The molecule has 0 spiro atoms. The average Bonchev–Trinajstić information content (AvgIpc) is 3.24. The van der Waals surface area contributed by atoms with E-state index in [0.717, 1.165) is 49.7 Å². The summed E-state index contributed by atoms with van der Waals surface area (Å²) >= 11 is 0. The first-order valence-electron chi connectivity index (χ1n) is 10.5. The van der Waals surface area contributed by atoms with E-state index in [-0.39, 0.29) is 4.90 Å². The maximum Gasteiger partial charge on any atom is 0.182 e. The maximum atomic E-state index is 12.0. The quantitative estimate of drug-likeness (QED) is 0.466. The van der Waals surface area contributed by atoms with Crippen LogP contribution in [0.15, 0.2) is 71.6 Å². The third-order valence-electron chi connectivity index (χ3n) is 5.61. The number of hydrogen-bond donors (Lipinski definition) is 0. The van der Waals surface area contributed by atoms with Crippen LogP contribution in [0.2, 0.25) is 0 Å². The van der Waals surface area contributed by atoms with Crippen molar-refractivity contribution in [3.05, 3.63) is 72.3 Å². The van der Waals surface area contributed by atoms with Crippen LogP contribution < -0.4 is 0 Å². The van der Waals surface area contributed by atoms with Crippen molar-refractivity contribution in [2.45, 2.75) is 11.4 Å². The van der Waals surface area contributed by atoms with Crippen molar-refractivity contribution < 1.29 is 13.2 Å². The van der Waals surface area contributed by atoms with Gasteiger partial charge in [0, 0.05) is 37.0 Å². The fourth-order valence-corrected chi connectivity index (χ4v) is 4.63. The standard InChI is InChI=1S/C24H24N4O3S/c1-32(29,30)21-8-3-6-19(16-21)22-9-4-10-23-25-24(26-28(22)23)20-7-2-5-18(15-20)17-27-11-13-31-14-12-27/h2-10,15-16H,11-14,17H2,1H3. The van der Waals surface area contributed by atoms with Crippen LogP contribution in [-0.4, -0.2) is 60.5 Å². The van der Waals surface area contributed by atoms with E-state index in [1.54, 1.807) is 22.7 Å². The van der Waals surface area contributed by atoms with E-state index in [1.807, 2.05) is 36.4 Å². The second-order valence-corrected chi connectivity index (χ2v) is 10.0. The molecule has 0 bridgehead atoms. The Hall–Kier alpha value is -3.07. The predicted octanol–water partition coefficient (Wildman–Crippen LogP) is 3.30. The second kappa shape index (κ2) is 8.46. The summed E-state index contributed by atoms with van der Waals surface area (Å²) in [7, 11) is -3.30. The van der Waals surface area contributed by atoms with Crippen LogP contribution in [-0.2, 0) is 21.1 Å². The van der Waals surface area contributed by atoms with Crippen LogP contribution in [0.5, 0.6) is 0 Å². The molecule has 7 nitrogen and oxygen atoms in total. The Labute approximate surface area is 187 Å². The lowest BCUT2D eigenvalue weighted by Crippen LogP contribution is -2.35. The van der Waals surface area contributed by atoms with E-state index >= 15 is 0 Å². The molecule has 2 aromatic heterocycles. The third kappa shape index (κ3) is 4.29. The van der Waals surface area contributed by atoms with Gasteiger partial charge in [-0.2, -0.15) is 0 Å². The van der Waals surface area contributed by atoms with Gasteiger partial charge in [0.1, 0.15) is 0 Å². The van der Waals surface area contributed by atoms with Crippen LogP contribution >= 0.6 is 0 Å². The van der Waals surface area contributed by atoms with Crippen LogP contribution in [0.3, 0.4) is 0 Å². The second-order valence-electron chi connectivity index (χ2n) is 8.01. The summed E-state index contributed by atoms with van der Waals surface area (Å²) in [4.78, 5) is 7.39. The lowest BCUT2D eigenvalue weighted by atomic mass is 10.1. The van der Waals surface area contributed by atoms with Crippen molar-refractivity contribution in [2.75, 3.05) is 32.6 Å². The number of ether oxygens (including phenoxy) is 1. The van der Waals surface area contributed by atoms with Gasteiger partial charge in [0.25, 0.3) is 0 Å². The van der Waals surface area contributed by atoms with Gasteiger partial charge < -0.3 is 4.74 Å². The van der Waals surface area contributed by atoms with E-state index in [0.29, 0.717) is 11.5 Å². The molecule has 8 heteroatoms. The monoisotopic (exact) mass is 448 g/mol. The Bertz CT molecular complexity index is 1380. The maximum absolute atomic E-state index is 12.0. The van der Waals surface area contributed by atoms with Gasteiger partial charge in [-0.15, -0.1) is 5.10 Å². The van der Waals surface area contributed by atoms with Crippen LogP contribution in [0.25, 0.3) is 28.3 Å². The van der Waals surface area contributed by atoms with Crippen molar-refractivity contribution >= 4 is 15.5 Å². The normalized spacial score (nSPS) is 15.3. The van der Waals surface area contributed by atoms with E-state index in [1.165, 1.54) is 11.8 Å². The van der Waals surface area contributed by atoms with E-state index in [4.69, 9.17) is 14.8 Å². The Morgan fingerprint density at radius 3 is 2.50 bits per heavy atom. The number of rotatable bonds is 5. The van der Waals surface area contributed by atoms with E-state index in [9.17, 15) is 8.42 Å². The number of pyridine rings is 1. The first kappa shape index (κ1) is 20.8. The smallest absolute Gasteiger partial charge is 0.182 e. The average molecular weight is 449 g/mol. The molecule has 5 rings (SSSR count). The highest BCUT2D eigenvalue weighted by Gasteiger charge is 2.15. The zero-order valence-electron chi connectivity index (χ0n) is 17.8. The Morgan fingerprint density at radius 2 is 1.69 bits per heavy atom. The SMILES string of the molecule is CS(=O)(=O)c1cccc(-c2cccc3nc(-c4cccc(CN5CCOCC5)c4)nn23)c1. The number of hydrogen-bond acceptors (Lipinski definition) is 6. The molecule has 0 unspecified atom stereocenters. The molecule has 32 heavy (non-hydrogen) atoms. The Balaban J connectivity index is 1.51. The van der Waals surface area contributed by atoms with Gasteiger partial charge in [0.05, 0.1) is 23.8 Å². The molecule has 0 atom stereocenters. The Morgan fingerprint density at radius 1 is 0.938 bits per heavy atom. The zero-order chi connectivity index (χ0) is 22.1. The summed E-state index contributed by atoms with van der Waals surface area (Å²) in [5, 5.41) is 4.76. The van der Waals surface area contributed by atoms with Gasteiger partial charge in [-0.05, 0) is 35.9 Å². The van der Waals surface area contributed by atoms with Crippen LogP contribution in [0.4, 0.5) is 0 Å². The highest BCUT2D eigenvalue weighted by atomic mass is 32.2. The van der Waals surface area contributed by atoms with Gasteiger partial charge in [0.2, 0.25) is 0 Å². The lowest BCUT2D eigenvalue weighted by molar-refractivity contribution is 0.0342. The van der Waals surface area contributed by atoms with Gasteiger partial charge in [-0.1, -0.05) is 36.4 Å².